The molecule has 0 bridgehead atoms. The Bertz CT molecular complexity index is 676. The number of nitrogens with one attached hydrogen (secondary N) is 1. The lowest BCUT2D eigenvalue weighted by molar-refractivity contribution is 0.0526. The summed E-state index contributed by atoms with van der Waals surface area (Å²) >= 11 is 0. The third-order valence-electron chi connectivity index (χ3n) is 3.30. The Labute approximate surface area is 135 Å². The average molecular weight is 312 g/mol. The van der Waals surface area contributed by atoms with E-state index in [0.717, 1.165) is 5.69 Å². The first kappa shape index (κ1) is 16.5. The fourth-order valence-corrected chi connectivity index (χ4v) is 2.02. The van der Waals surface area contributed by atoms with Crippen LogP contribution in [-0.2, 0) is 4.74 Å². The van der Waals surface area contributed by atoms with Crippen LogP contribution in [0.2, 0.25) is 0 Å². The van der Waals surface area contributed by atoms with Gasteiger partial charge in [-0.15, -0.1) is 0 Å². The van der Waals surface area contributed by atoms with Gasteiger partial charge in [0.2, 0.25) is 0 Å². The van der Waals surface area contributed by atoms with Gasteiger partial charge in [-0.05, 0) is 55.5 Å². The SMILES string of the molecule is CCOC(=O)c1ccc(NC(=O)c2ccc(N(C)C)cc2)cc1. The Balaban J connectivity index is 2.03. The number of ether oxygens (including phenoxy) is 1. The van der Waals surface area contributed by atoms with Crippen LogP contribution >= 0.6 is 0 Å². The number of amides is 1. The van der Waals surface area contributed by atoms with Crippen molar-refractivity contribution in [2.75, 3.05) is 30.9 Å². The van der Waals surface area contributed by atoms with E-state index in [1.807, 2.05) is 31.1 Å². The fourth-order valence-electron chi connectivity index (χ4n) is 2.02. The van der Waals surface area contributed by atoms with Crippen LogP contribution in [0.4, 0.5) is 11.4 Å². The average Bonchev–Trinajstić information content (AvgIpc) is 2.55. The van der Waals surface area contributed by atoms with Crippen LogP contribution in [0.1, 0.15) is 27.6 Å². The Morgan fingerprint density at radius 1 is 0.957 bits per heavy atom. The predicted octanol–water partition coefficient (Wildman–Crippen LogP) is 3.18. The molecule has 0 heterocycles. The minimum Gasteiger partial charge on any atom is -0.462 e. The molecule has 1 N–H and O–H groups in total. The highest BCUT2D eigenvalue weighted by Gasteiger charge is 2.09. The molecule has 120 valence electrons. The van der Waals surface area contributed by atoms with Gasteiger partial charge < -0.3 is 15.0 Å². The Morgan fingerprint density at radius 2 is 1.52 bits per heavy atom. The molecule has 0 fully saturated rings. The summed E-state index contributed by atoms with van der Waals surface area (Å²) in [6.07, 6.45) is 0. The van der Waals surface area contributed by atoms with Crippen LogP contribution in [0.5, 0.6) is 0 Å². The van der Waals surface area contributed by atoms with E-state index in [0.29, 0.717) is 23.4 Å². The number of nitrogens with zero attached hydrogens (tertiary/aromatic N) is 1. The van der Waals surface area contributed by atoms with Crippen molar-refractivity contribution >= 4 is 23.3 Å². The monoisotopic (exact) mass is 312 g/mol. The summed E-state index contributed by atoms with van der Waals surface area (Å²) < 4.78 is 4.92. The molecule has 0 aromatic heterocycles. The van der Waals surface area contributed by atoms with E-state index in [-0.39, 0.29) is 11.9 Å². The van der Waals surface area contributed by atoms with Gasteiger partial charge >= 0.3 is 5.97 Å². The zero-order chi connectivity index (χ0) is 16.8. The van der Waals surface area contributed by atoms with E-state index in [1.54, 1.807) is 43.3 Å². The van der Waals surface area contributed by atoms with Gasteiger partial charge in [-0.2, -0.15) is 0 Å². The zero-order valence-electron chi connectivity index (χ0n) is 13.5. The van der Waals surface area contributed by atoms with Gasteiger partial charge in [0.25, 0.3) is 5.91 Å². The summed E-state index contributed by atoms with van der Waals surface area (Å²) in [7, 11) is 3.89. The molecule has 0 aliphatic heterocycles. The Morgan fingerprint density at radius 3 is 2.04 bits per heavy atom. The molecule has 5 nitrogen and oxygen atoms in total. The first-order valence-electron chi connectivity index (χ1n) is 7.37. The first-order chi connectivity index (χ1) is 11.0. The maximum atomic E-state index is 12.2. The number of rotatable bonds is 5. The molecule has 0 spiro atoms. The maximum Gasteiger partial charge on any atom is 0.338 e. The second-order valence-electron chi connectivity index (χ2n) is 5.19. The molecule has 0 atom stereocenters. The van der Waals surface area contributed by atoms with Crippen LogP contribution in [0, 0.1) is 0 Å². The number of hydrogen-bond acceptors (Lipinski definition) is 4. The highest BCUT2D eigenvalue weighted by Crippen LogP contribution is 2.15. The first-order valence-corrected chi connectivity index (χ1v) is 7.37. The van der Waals surface area contributed by atoms with Crippen molar-refractivity contribution in [1.82, 2.24) is 0 Å². The topological polar surface area (TPSA) is 58.6 Å². The van der Waals surface area contributed by atoms with E-state index < -0.39 is 0 Å². The van der Waals surface area contributed by atoms with Crippen LogP contribution in [-0.4, -0.2) is 32.6 Å². The van der Waals surface area contributed by atoms with Crippen molar-refractivity contribution in [1.29, 1.82) is 0 Å². The van der Waals surface area contributed by atoms with Crippen LogP contribution < -0.4 is 10.2 Å². The van der Waals surface area contributed by atoms with E-state index in [9.17, 15) is 9.59 Å². The second kappa shape index (κ2) is 7.45. The van der Waals surface area contributed by atoms with Gasteiger partial charge in [-0.25, -0.2) is 4.79 Å². The van der Waals surface area contributed by atoms with Crippen LogP contribution in [0.25, 0.3) is 0 Å². The second-order valence-corrected chi connectivity index (χ2v) is 5.19. The van der Waals surface area contributed by atoms with Gasteiger partial charge in [-0.1, -0.05) is 0 Å². The van der Waals surface area contributed by atoms with E-state index in [2.05, 4.69) is 5.32 Å². The molecular formula is C18H20N2O3. The van der Waals surface area contributed by atoms with Gasteiger partial charge in [0, 0.05) is 31.0 Å². The Hall–Kier alpha value is -2.82. The molecule has 0 unspecified atom stereocenters. The number of esters is 1. The van der Waals surface area contributed by atoms with Crippen LogP contribution in [0.15, 0.2) is 48.5 Å². The lowest BCUT2D eigenvalue weighted by Gasteiger charge is -2.12. The minimum atomic E-state index is -0.371. The quantitative estimate of drug-likeness (QED) is 0.862. The minimum absolute atomic E-state index is 0.195. The molecule has 5 heteroatoms. The summed E-state index contributed by atoms with van der Waals surface area (Å²) in [6, 6.07) is 13.9. The Kier molecular flexibility index (Phi) is 5.36. The summed E-state index contributed by atoms with van der Waals surface area (Å²) in [6.45, 7) is 2.09. The number of carbonyl (C=O) groups is 2. The normalized spacial score (nSPS) is 10.0. The van der Waals surface area contributed by atoms with Crippen molar-refractivity contribution in [3.05, 3.63) is 59.7 Å². The molecular weight excluding hydrogens is 292 g/mol. The highest BCUT2D eigenvalue weighted by molar-refractivity contribution is 6.04. The molecule has 2 aromatic carbocycles. The molecule has 0 aliphatic rings. The van der Waals surface area contributed by atoms with Gasteiger partial charge in [0.1, 0.15) is 0 Å². The lowest BCUT2D eigenvalue weighted by atomic mass is 10.1. The van der Waals surface area contributed by atoms with E-state index >= 15 is 0 Å². The summed E-state index contributed by atoms with van der Waals surface area (Å²) in [5.41, 5.74) is 2.69. The van der Waals surface area contributed by atoms with Gasteiger partial charge in [0.15, 0.2) is 0 Å². The van der Waals surface area contributed by atoms with Crippen molar-refractivity contribution in [2.24, 2.45) is 0 Å². The van der Waals surface area contributed by atoms with Gasteiger partial charge in [0.05, 0.1) is 12.2 Å². The largest absolute Gasteiger partial charge is 0.462 e. The molecule has 1 amide bonds. The van der Waals surface area contributed by atoms with Crippen molar-refractivity contribution < 1.29 is 14.3 Å². The number of benzene rings is 2. The van der Waals surface area contributed by atoms with Gasteiger partial charge in [-0.3, -0.25) is 4.79 Å². The summed E-state index contributed by atoms with van der Waals surface area (Å²) in [4.78, 5) is 25.7. The molecule has 0 saturated heterocycles. The third-order valence-corrected chi connectivity index (χ3v) is 3.30. The van der Waals surface area contributed by atoms with Crippen molar-refractivity contribution in [3.63, 3.8) is 0 Å². The summed E-state index contributed by atoms with van der Waals surface area (Å²) in [5.74, 6) is -0.566. The number of carbonyl (C=O) groups excluding carboxylic acids is 2. The van der Waals surface area contributed by atoms with Crippen molar-refractivity contribution in [3.8, 4) is 0 Å². The summed E-state index contributed by atoms with van der Waals surface area (Å²) in [5, 5.41) is 2.80. The number of hydrogen-bond donors (Lipinski definition) is 1. The van der Waals surface area contributed by atoms with Crippen LogP contribution in [0.3, 0.4) is 0 Å². The zero-order valence-corrected chi connectivity index (χ0v) is 13.5. The predicted molar refractivity (Wildman–Crippen MR) is 91.1 cm³/mol. The highest BCUT2D eigenvalue weighted by atomic mass is 16.5. The van der Waals surface area contributed by atoms with E-state index in [4.69, 9.17) is 4.74 Å². The van der Waals surface area contributed by atoms with Crippen molar-refractivity contribution in [2.45, 2.75) is 6.92 Å². The molecule has 23 heavy (non-hydrogen) atoms. The smallest absolute Gasteiger partial charge is 0.338 e. The standard InChI is InChI=1S/C18H20N2O3/c1-4-23-18(22)14-5-9-15(10-6-14)19-17(21)13-7-11-16(12-8-13)20(2)3/h5-12H,4H2,1-3H3,(H,19,21). The fraction of sp³-hybridized carbons (Fsp3) is 0.222. The molecule has 0 radical (unpaired) electrons. The molecule has 0 aliphatic carbocycles. The lowest BCUT2D eigenvalue weighted by Crippen LogP contribution is -2.13. The maximum absolute atomic E-state index is 12.2. The molecule has 0 saturated carbocycles. The molecule has 2 rings (SSSR count). The van der Waals surface area contributed by atoms with E-state index in [1.165, 1.54) is 0 Å². The molecule has 2 aromatic rings. The third kappa shape index (κ3) is 4.32. The number of anilines is 2.